The molecule has 0 bridgehead atoms. The zero-order chi connectivity index (χ0) is 16.3. The van der Waals surface area contributed by atoms with Crippen molar-refractivity contribution in [3.63, 3.8) is 0 Å². The van der Waals surface area contributed by atoms with Gasteiger partial charge in [0, 0.05) is 18.7 Å². The third-order valence-corrected chi connectivity index (χ3v) is 5.58. The molecule has 122 valence electrons. The Morgan fingerprint density at radius 3 is 2.78 bits per heavy atom. The van der Waals surface area contributed by atoms with Gasteiger partial charge in [-0.2, -0.15) is 0 Å². The number of rotatable bonds is 5. The van der Waals surface area contributed by atoms with Crippen LogP contribution >= 0.6 is 0 Å². The van der Waals surface area contributed by atoms with Crippen LogP contribution in [0, 0.1) is 6.92 Å². The molecular weight excluding hydrogens is 312 g/mol. The van der Waals surface area contributed by atoms with Gasteiger partial charge in [0.1, 0.15) is 18.0 Å². The quantitative estimate of drug-likeness (QED) is 0.871. The lowest BCUT2D eigenvalue weighted by Gasteiger charge is -2.12. The van der Waals surface area contributed by atoms with Crippen LogP contribution in [0.25, 0.3) is 0 Å². The van der Waals surface area contributed by atoms with E-state index < -0.39 is 9.84 Å². The Bertz CT molecular complexity index is 792. The molecule has 7 heteroatoms. The van der Waals surface area contributed by atoms with Gasteiger partial charge < -0.3 is 10.6 Å². The molecule has 1 atom stereocenters. The molecule has 0 amide bonds. The molecule has 1 saturated heterocycles. The number of benzene rings is 1. The summed E-state index contributed by atoms with van der Waals surface area (Å²) in [4.78, 5) is 8.36. The van der Waals surface area contributed by atoms with E-state index in [2.05, 4.69) is 45.7 Å². The average molecular weight is 332 g/mol. The Morgan fingerprint density at radius 1 is 1.22 bits per heavy atom. The van der Waals surface area contributed by atoms with E-state index in [9.17, 15) is 8.42 Å². The molecule has 1 aliphatic rings. The highest BCUT2D eigenvalue weighted by atomic mass is 32.2. The van der Waals surface area contributed by atoms with Crippen LogP contribution in [0.4, 0.5) is 11.6 Å². The predicted molar refractivity (Wildman–Crippen MR) is 91.2 cm³/mol. The van der Waals surface area contributed by atoms with Crippen LogP contribution in [0.5, 0.6) is 0 Å². The molecule has 2 aromatic rings. The zero-order valence-corrected chi connectivity index (χ0v) is 13.8. The fourth-order valence-electron chi connectivity index (χ4n) is 2.67. The lowest BCUT2D eigenvalue weighted by molar-refractivity contribution is 0.602. The first-order valence-corrected chi connectivity index (χ1v) is 9.41. The van der Waals surface area contributed by atoms with Gasteiger partial charge in [-0.1, -0.05) is 29.8 Å². The van der Waals surface area contributed by atoms with Crippen molar-refractivity contribution in [3.8, 4) is 0 Å². The van der Waals surface area contributed by atoms with Crippen LogP contribution < -0.4 is 10.6 Å². The van der Waals surface area contributed by atoms with E-state index in [1.165, 1.54) is 17.5 Å². The third kappa shape index (κ3) is 4.41. The van der Waals surface area contributed by atoms with Gasteiger partial charge in [0.05, 0.1) is 11.5 Å². The minimum atomic E-state index is -2.90. The maximum atomic E-state index is 11.5. The van der Waals surface area contributed by atoms with Crippen molar-refractivity contribution < 1.29 is 8.42 Å². The molecule has 0 aliphatic carbocycles. The summed E-state index contributed by atoms with van der Waals surface area (Å²) in [5.41, 5.74) is 2.40. The SMILES string of the molecule is Cc1cccc(CNc2cc(NC3CCS(=O)(=O)C3)ncn2)c1. The molecule has 2 heterocycles. The molecule has 1 fully saturated rings. The Labute approximate surface area is 136 Å². The summed E-state index contributed by atoms with van der Waals surface area (Å²) >= 11 is 0. The molecule has 1 aromatic carbocycles. The van der Waals surface area contributed by atoms with E-state index in [4.69, 9.17) is 0 Å². The molecule has 0 radical (unpaired) electrons. The van der Waals surface area contributed by atoms with Crippen molar-refractivity contribution in [1.29, 1.82) is 0 Å². The van der Waals surface area contributed by atoms with Gasteiger partial charge in [-0.25, -0.2) is 18.4 Å². The van der Waals surface area contributed by atoms with Gasteiger partial charge in [-0.05, 0) is 18.9 Å². The van der Waals surface area contributed by atoms with Crippen molar-refractivity contribution in [2.75, 3.05) is 22.1 Å². The highest BCUT2D eigenvalue weighted by molar-refractivity contribution is 7.91. The number of anilines is 2. The second kappa shape index (κ2) is 6.54. The fourth-order valence-corrected chi connectivity index (χ4v) is 4.34. The van der Waals surface area contributed by atoms with E-state index in [0.717, 1.165) is 0 Å². The molecule has 0 saturated carbocycles. The number of sulfone groups is 1. The number of aromatic nitrogens is 2. The van der Waals surface area contributed by atoms with Crippen LogP contribution in [-0.2, 0) is 16.4 Å². The monoisotopic (exact) mass is 332 g/mol. The molecule has 23 heavy (non-hydrogen) atoms. The van der Waals surface area contributed by atoms with Gasteiger partial charge in [0.15, 0.2) is 9.84 Å². The van der Waals surface area contributed by atoms with Crippen molar-refractivity contribution >= 4 is 21.5 Å². The van der Waals surface area contributed by atoms with Gasteiger partial charge in [-0.15, -0.1) is 0 Å². The first kappa shape index (κ1) is 15.7. The Morgan fingerprint density at radius 2 is 2.04 bits per heavy atom. The molecule has 2 N–H and O–H groups in total. The number of hydrogen-bond donors (Lipinski definition) is 2. The van der Waals surface area contributed by atoms with E-state index in [1.807, 2.05) is 6.07 Å². The lowest BCUT2D eigenvalue weighted by Crippen LogP contribution is -2.21. The largest absolute Gasteiger partial charge is 0.366 e. The van der Waals surface area contributed by atoms with E-state index in [-0.39, 0.29) is 17.5 Å². The second-order valence-electron chi connectivity index (χ2n) is 5.88. The second-order valence-corrected chi connectivity index (χ2v) is 8.10. The summed E-state index contributed by atoms with van der Waals surface area (Å²) in [5.74, 6) is 1.77. The maximum absolute atomic E-state index is 11.5. The van der Waals surface area contributed by atoms with Crippen LogP contribution in [0.3, 0.4) is 0 Å². The molecule has 1 unspecified atom stereocenters. The summed E-state index contributed by atoms with van der Waals surface area (Å²) in [7, 11) is -2.90. The first-order chi connectivity index (χ1) is 11.0. The summed E-state index contributed by atoms with van der Waals surface area (Å²) in [6.07, 6.45) is 2.10. The number of nitrogens with zero attached hydrogens (tertiary/aromatic N) is 2. The molecular formula is C16H20N4O2S. The first-order valence-electron chi connectivity index (χ1n) is 7.59. The Kier molecular flexibility index (Phi) is 4.47. The number of hydrogen-bond acceptors (Lipinski definition) is 6. The van der Waals surface area contributed by atoms with Crippen LogP contribution in [0.2, 0.25) is 0 Å². The van der Waals surface area contributed by atoms with E-state index in [0.29, 0.717) is 24.6 Å². The standard InChI is InChI=1S/C16H20N4O2S/c1-12-3-2-4-13(7-12)9-17-15-8-16(19-11-18-15)20-14-5-6-23(21,22)10-14/h2-4,7-8,11,14H,5-6,9-10H2,1H3,(H2,17,18,19,20). The average Bonchev–Trinajstić information content (AvgIpc) is 2.84. The van der Waals surface area contributed by atoms with Gasteiger partial charge >= 0.3 is 0 Å². The van der Waals surface area contributed by atoms with Crippen LogP contribution in [0.1, 0.15) is 17.5 Å². The summed E-state index contributed by atoms with van der Waals surface area (Å²) in [6, 6.07) is 10.0. The minimum absolute atomic E-state index is 0.0699. The third-order valence-electron chi connectivity index (χ3n) is 3.81. The predicted octanol–water partition coefficient (Wildman–Crippen LogP) is 2.00. The fraction of sp³-hybridized carbons (Fsp3) is 0.375. The van der Waals surface area contributed by atoms with Gasteiger partial charge in [0.25, 0.3) is 0 Å². The number of nitrogens with one attached hydrogen (secondary N) is 2. The van der Waals surface area contributed by atoms with Crippen molar-refractivity contribution in [2.45, 2.75) is 25.9 Å². The molecule has 1 aromatic heterocycles. The van der Waals surface area contributed by atoms with Gasteiger partial charge in [0.2, 0.25) is 0 Å². The molecule has 0 spiro atoms. The van der Waals surface area contributed by atoms with E-state index >= 15 is 0 Å². The smallest absolute Gasteiger partial charge is 0.152 e. The van der Waals surface area contributed by atoms with Crippen LogP contribution in [-0.4, -0.2) is 35.9 Å². The number of aryl methyl sites for hydroxylation is 1. The zero-order valence-electron chi connectivity index (χ0n) is 13.0. The lowest BCUT2D eigenvalue weighted by atomic mass is 10.1. The highest BCUT2D eigenvalue weighted by Gasteiger charge is 2.27. The molecule has 3 rings (SSSR count). The highest BCUT2D eigenvalue weighted by Crippen LogP contribution is 2.17. The topological polar surface area (TPSA) is 84.0 Å². The Balaban J connectivity index is 1.61. The molecule has 1 aliphatic heterocycles. The normalized spacial score (nSPS) is 19.4. The minimum Gasteiger partial charge on any atom is -0.366 e. The summed E-state index contributed by atoms with van der Waals surface area (Å²) in [6.45, 7) is 2.74. The van der Waals surface area contributed by atoms with Crippen molar-refractivity contribution in [3.05, 3.63) is 47.8 Å². The van der Waals surface area contributed by atoms with Crippen molar-refractivity contribution in [1.82, 2.24) is 9.97 Å². The van der Waals surface area contributed by atoms with E-state index in [1.54, 1.807) is 6.07 Å². The summed E-state index contributed by atoms with van der Waals surface area (Å²) in [5, 5.41) is 6.43. The van der Waals surface area contributed by atoms with Crippen LogP contribution in [0.15, 0.2) is 36.7 Å². The van der Waals surface area contributed by atoms with Crippen molar-refractivity contribution in [2.24, 2.45) is 0 Å². The maximum Gasteiger partial charge on any atom is 0.152 e. The van der Waals surface area contributed by atoms with Gasteiger partial charge in [-0.3, -0.25) is 0 Å². The molecule has 6 nitrogen and oxygen atoms in total. The Hall–Kier alpha value is -2.15. The summed E-state index contributed by atoms with van der Waals surface area (Å²) < 4.78 is 23.0.